The second-order valence-corrected chi connectivity index (χ2v) is 8.93. The van der Waals surface area contributed by atoms with Crippen molar-refractivity contribution in [3.05, 3.63) is 64.2 Å². The van der Waals surface area contributed by atoms with Crippen molar-refractivity contribution in [2.75, 3.05) is 30.8 Å². The Morgan fingerprint density at radius 2 is 1.85 bits per heavy atom. The van der Waals surface area contributed by atoms with Crippen molar-refractivity contribution in [1.29, 1.82) is 0 Å². The fourth-order valence-electron chi connectivity index (χ4n) is 3.53. The van der Waals surface area contributed by atoms with Gasteiger partial charge in [-0.2, -0.15) is 0 Å². The van der Waals surface area contributed by atoms with Crippen molar-refractivity contribution in [2.45, 2.75) is 24.4 Å². The van der Waals surface area contributed by atoms with Gasteiger partial charge in [0, 0.05) is 50.2 Å². The largest absolute Gasteiger partial charge is 0.366 e. The molecule has 0 aromatic heterocycles. The van der Waals surface area contributed by atoms with Crippen LogP contribution in [0.3, 0.4) is 0 Å². The van der Waals surface area contributed by atoms with Gasteiger partial charge in [-0.25, -0.2) is 8.42 Å². The lowest BCUT2D eigenvalue weighted by Crippen LogP contribution is -2.51. The van der Waals surface area contributed by atoms with Gasteiger partial charge < -0.3 is 4.90 Å². The summed E-state index contributed by atoms with van der Waals surface area (Å²) in [6.07, 6.45) is 1.00. The molecular weight excluding hydrogens is 366 g/mol. The summed E-state index contributed by atoms with van der Waals surface area (Å²) >= 11 is 0. The number of sulfone groups is 1. The molecule has 1 fully saturated rings. The van der Waals surface area contributed by atoms with Crippen LogP contribution >= 0.6 is 0 Å². The standard InChI is InChI=1S/C19H23N3O4S/c1-15-13-20(14-16-6-4-3-5-7-16)10-11-21(15)17-8-9-18(22(23)24)19(12-17)27(2,25)26/h3-9,12,15H,10-11,13-14H2,1-2H3/t15-/m1/s1. The highest BCUT2D eigenvalue weighted by atomic mass is 32.2. The van der Waals surface area contributed by atoms with Gasteiger partial charge in [0.25, 0.3) is 5.69 Å². The maximum atomic E-state index is 12.0. The van der Waals surface area contributed by atoms with Crippen molar-refractivity contribution in [1.82, 2.24) is 4.90 Å². The number of rotatable bonds is 5. The first-order chi connectivity index (χ1) is 12.8. The second-order valence-electron chi connectivity index (χ2n) is 6.94. The van der Waals surface area contributed by atoms with E-state index in [4.69, 9.17) is 0 Å². The lowest BCUT2D eigenvalue weighted by molar-refractivity contribution is -0.387. The fraction of sp³-hybridized carbons (Fsp3) is 0.368. The van der Waals surface area contributed by atoms with Crippen LogP contribution in [0.2, 0.25) is 0 Å². The molecular formula is C19H23N3O4S. The summed E-state index contributed by atoms with van der Waals surface area (Å²) in [5.74, 6) is 0. The molecule has 8 heteroatoms. The zero-order chi connectivity index (χ0) is 19.6. The zero-order valence-electron chi connectivity index (χ0n) is 15.4. The van der Waals surface area contributed by atoms with Crippen molar-refractivity contribution in [3.63, 3.8) is 0 Å². The van der Waals surface area contributed by atoms with Crippen molar-refractivity contribution in [2.24, 2.45) is 0 Å². The highest BCUT2D eigenvalue weighted by Crippen LogP contribution is 2.30. The molecule has 3 rings (SSSR count). The molecule has 0 radical (unpaired) electrons. The van der Waals surface area contributed by atoms with Gasteiger partial charge in [-0.3, -0.25) is 15.0 Å². The summed E-state index contributed by atoms with van der Waals surface area (Å²) in [6, 6.07) is 14.8. The van der Waals surface area contributed by atoms with Crippen LogP contribution in [0.25, 0.3) is 0 Å². The smallest absolute Gasteiger partial charge is 0.288 e. The lowest BCUT2D eigenvalue weighted by atomic mass is 10.1. The minimum Gasteiger partial charge on any atom is -0.366 e. The van der Waals surface area contributed by atoms with E-state index in [1.54, 1.807) is 6.07 Å². The van der Waals surface area contributed by atoms with E-state index in [1.165, 1.54) is 17.7 Å². The molecule has 0 aliphatic carbocycles. The molecule has 0 N–H and O–H groups in total. The minimum absolute atomic E-state index is 0.163. The van der Waals surface area contributed by atoms with Crippen molar-refractivity contribution in [3.8, 4) is 0 Å². The van der Waals surface area contributed by atoms with Crippen LogP contribution in [0.15, 0.2) is 53.4 Å². The molecule has 1 aliphatic rings. The third-order valence-electron chi connectivity index (χ3n) is 4.83. The van der Waals surface area contributed by atoms with Gasteiger partial charge in [0.15, 0.2) is 9.84 Å². The van der Waals surface area contributed by atoms with Crippen molar-refractivity contribution < 1.29 is 13.3 Å². The van der Waals surface area contributed by atoms with E-state index in [-0.39, 0.29) is 16.6 Å². The van der Waals surface area contributed by atoms with E-state index < -0.39 is 14.8 Å². The summed E-state index contributed by atoms with van der Waals surface area (Å²) in [7, 11) is -3.69. The first kappa shape index (κ1) is 19.3. The number of hydrogen-bond acceptors (Lipinski definition) is 6. The zero-order valence-corrected chi connectivity index (χ0v) is 16.2. The van der Waals surface area contributed by atoms with Gasteiger partial charge in [-0.05, 0) is 24.6 Å². The van der Waals surface area contributed by atoms with Crippen LogP contribution in [0.4, 0.5) is 11.4 Å². The van der Waals surface area contributed by atoms with E-state index >= 15 is 0 Å². The monoisotopic (exact) mass is 389 g/mol. The average molecular weight is 389 g/mol. The number of piperazine rings is 1. The molecule has 1 aliphatic heterocycles. The normalized spacial score (nSPS) is 18.4. The molecule has 1 heterocycles. The van der Waals surface area contributed by atoms with Crippen LogP contribution < -0.4 is 4.90 Å². The number of nitro groups is 1. The minimum atomic E-state index is -3.69. The molecule has 0 amide bonds. The molecule has 0 spiro atoms. The number of nitro benzene ring substituents is 1. The van der Waals surface area contributed by atoms with Crippen LogP contribution in [-0.4, -0.2) is 50.2 Å². The molecule has 0 bridgehead atoms. The Labute approximate surface area is 159 Å². The maximum absolute atomic E-state index is 12.0. The Morgan fingerprint density at radius 1 is 1.15 bits per heavy atom. The summed E-state index contributed by atoms with van der Waals surface area (Å²) in [5.41, 5.74) is 1.58. The molecule has 2 aromatic rings. The molecule has 2 aromatic carbocycles. The first-order valence-corrected chi connectivity index (χ1v) is 10.7. The summed E-state index contributed by atoms with van der Waals surface area (Å²) in [6.45, 7) is 5.35. The predicted octanol–water partition coefficient (Wildman–Crippen LogP) is 2.71. The predicted molar refractivity (Wildman–Crippen MR) is 105 cm³/mol. The molecule has 27 heavy (non-hydrogen) atoms. The van der Waals surface area contributed by atoms with Crippen LogP contribution in [-0.2, 0) is 16.4 Å². The third kappa shape index (κ3) is 4.45. The molecule has 0 saturated carbocycles. The lowest BCUT2D eigenvalue weighted by Gasteiger charge is -2.41. The van der Waals surface area contributed by atoms with E-state index in [1.807, 2.05) is 18.2 Å². The van der Waals surface area contributed by atoms with Crippen LogP contribution in [0, 0.1) is 10.1 Å². The van der Waals surface area contributed by atoms with Crippen LogP contribution in [0.5, 0.6) is 0 Å². The maximum Gasteiger partial charge on any atom is 0.288 e. The van der Waals surface area contributed by atoms with E-state index in [2.05, 4.69) is 28.9 Å². The quantitative estimate of drug-likeness (QED) is 0.577. The van der Waals surface area contributed by atoms with Crippen molar-refractivity contribution >= 4 is 21.2 Å². The number of nitrogens with zero attached hydrogens (tertiary/aromatic N) is 3. The number of benzene rings is 2. The number of hydrogen-bond donors (Lipinski definition) is 0. The first-order valence-electron chi connectivity index (χ1n) is 8.77. The Hall–Kier alpha value is -2.45. The Kier molecular flexibility index (Phi) is 5.48. The Balaban J connectivity index is 1.79. The molecule has 1 saturated heterocycles. The Morgan fingerprint density at radius 3 is 2.44 bits per heavy atom. The van der Waals surface area contributed by atoms with Gasteiger partial charge in [0.05, 0.1) is 4.92 Å². The Bertz CT molecular complexity index is 931. The number of anilines is 1. The highest BCUT2D eigenvalue weighted by Gasteiger charge is 2.28. The third-order valence-corrected chi connectivity index (χ3v) is 5.96. The summed E-state index contributed by atoms with van der Waals surface area (Å²) in [4.78, 5) is 14.7. The second kappa shape index (κ2) is 7.66. The van der Waals surface area contributed by atoms with E-state index in [0.29, 0.717) is 5.69 Å². The molecule has 1 atom stereocenters. The fourth-order valence-corrected chi connectivity index (χ4v) is 4.39. The summed E-state index contributed by atoms with van der Waals surface area (Å²) in [5, 5.41) is 11.2. The van der Waals surface area contributed by atoms with Gasteiger partial charge in [0.2, 0.25) is 0 Å². The highest BCUT2D eigenvalue weighted by molar-refractivity contribution is 7.90. The molecule has 0 unspecified atom stereocenters. The van der Waals surface area contributed by atoms with Gasteiger partial charge in [0.1, 0.15) is 4.90 Å². The topological polar surface area (TPSA) is 83.8 Å². The van der Waals surface area contributed by atoms with E-state index in [0.717, 1.165) is 32.4 Å². The summed E-state index contributed by atoms with van der Waals surface area (Å²) < 4.78 is 24.0. The van der Waals surface area contributed by atoms with Crippen LogP contribution in [0.1, 0.15) is 12.5 Å². The van der Waals surface area contributed by atoms with Gasteiger partial charge in [-0.1, -0.05) is 30.3 Å². The SMILES string of the molecule is C[C@@H]1CN(Cc2ccccc2)CCN1c1ccc([N+](=O)[O-])c(S(C)(=O)=O)c1. The van der Waals surface area contributed by atoms with Gasteiger partial charge >= 0.3 is 0 Å². The molecule has 144 valence electrons. The van der Waals surface area contributed by atoms with Gasteiger partial charge in [-0.15, -0.1) is 0 Å². The molecule has 7 nitrogen and oxygen atoms in total. The van der Waals surface area contributed by atoms with E-state index in [9.17, 15) is 18.5 Å². The average Bonchev–Trinajstić information content (AvgIpc) is 2.61.